The van der Waals surface area contributed by atoms with Gasteiger partial charge in [0.1, 0.15) is 11.5 Å². The summed E-state index contributed by atoms with van der Waals surface area (Å²) in [7, 11) is -0.908. The lowest BCUT2D eigenvalue weighted by atomic mass is 10.4. The molecule has 0 aliphatic rings. The highest BCUT2D eigenvalue weighted by molar-refractivity contribution is 7.84. The number of furan rings is 1. The van der Waals surface area contributed by atoms with Gasteiger partial charge in [-0.05, 0) is 19.1 Å². The molecule has 0 saturated carbocycles. The number of nitrogens with one attached hydrogen (secondary N) is 1. The molecule has 19 heavy (non-hydrogen) atoms. The quantitative estimate of drug-likeness (QED) is 0.914. The van der Waals surface area contributed by atoms with Gasteiger partial charge < -0.3 is 9.73 Å². The Labute approximate surface area is 117 Å². The summed E-state index contributed by atoms with van der Waals surface area (Å²) < 4.78 is 16.3. The number of hydrogen-bond acceptors (Lipinski definition) is 5. The number of rotatable bonds is 5. The molecule has 0 aliphatic heterocycles. The third kappa shape index (κ3) is 3.74. The molecule has 7 heteroatoms. The summed E-state index contributed by atoms with van der Waals surface area (Å²) in [5, 5.41) is 5.05. The van der Waals surface area contributed by atoms with Gasteiger partial charge >= 0.3 is 0 Å². The maximum atomic E-state index is 11.8. The number of hydrogen-bond donors (Lipinski definition) is 1. The van der Waals surface area contributed by atoms with E-state index in [0.29, 0.717) is 28.8 Å². The molecule has 2 aromatic heterocycles. The van der Waals surface area contributed by atoms with Crippen molar-refractivity contribution in [3.8, 4) is 10.8 Å². The molecule has 1 atom stereocenters. The topological polar surface area (TPSA) is 72.2 Å². The summed E-state index contributed by atoms with van der Waals surface area (Å²) in [6, 6.07) is 3.68. The molecule has 2 aromatic rings. The van der Waals surface area contributed by atoms with Crippen molar-refractivity contribution in [1.29, 1.82) is 0 Å². The standard InChI is InChI=1S/C12H14N2O3S2/c1-8-3-4-10(17-8)12-14-9(7-18-12)11(15)13-5-6-19(2)16/h3-4,7H,5-6H2,1-2H3,(H,13,15). The molecule has 0 saturated heterocycles. The minimum Gasteiger partial charge on any atom is -0.459 e. The first-order valence-corrected chi connectivity index (χ1v) is 8.27. The number of aryl methyl sites for hydroxylation is 1. The molecule has 0 radical (unpaired) electrons. The predicted molar refractivity (Wildman–Crippen MR) is 75.8 cm³/mol. The average molecular weight is 298 g/mol. The Hall–Kier alpha value is -1.47. The number of nitrogens with zero attached hydrogens (tertiary/aromatic N) is 1. The Balaban J connectivity index is 2.00. The second-order valence-electron chi connectivity index (χ2n) is 3.98. The summed E-state index contributed by atoms with van der Waals surface area (Å²) in [4.78, 5) is 16.0. The van der Waals surface area contributed by atoms with Gasteiger partial charge in [-0.25, -0.2) is 4.98 Å². The summed E-state index contributed by atoms with van der Waals surface area (Å²) in [6.45, 7) is 2.24. The van der Waals surface area contributed by atoms with E-state index in [1.807, 2.05) is 19.1 Å². The second-order valence-corrected chi connectivity index (χ2v) is 6.39. The number of carbonyl (C=O) groups excluding carboxylic acids is 1. The van der Waals surface area contributed by atoms with Crippen LogP contribution in [0.15, 0.2) is 21.9 Å². The summed E-state index contributed by atoms with van der Waals surface area (Å²) in [5.74, 6) is 1.66. The molecular weight excluding hydrogens is 284 g/mol. The molecule has 1 amide bonds. The predicted octanol–water partition coefficient (Wildman–Crippen LogP) is 1.82. The van der Waals surface area contributed by atoms with Crippen LogP contribution < -0.4 is 5.32 Å². The number of amides is 1. The van der Waals surface area contributed by atoms with Crippen molar-refractivity contribution in [2.75, 3.05) is 18.6 Å². The highest BCUT2D eigenvalue weighted by Gasteiger charge is 2.13. The van der Waals surface area contributed by atoms with Gasteiger partial charge in [-0.3, -0.25) is 9.00 Å². The van der Waals surface area contributed by atoms with Crippen molar-refractivity contribution in [2.24, 2.45) is 0 Å². The maximum Gasteiger partial charge on any atom is 0.270 e. The molecule has 0 fully saturated rings. The van der Waals surface area contributed by atoms with Crippen LogP contribution in [0.25, 0.3) is 10.8 Å². The van der Waals surface area contributed by atoms with Gasteiger partial charge in [0.05, 0.1) is 0 Å². The molecule has 102 valence electrons. The van der Waals surface area contributed by atoms with Crippen LogP contribution in [0.4, 0.5) is 0 Å². The van der Waals surface area contributed by atoms with Crippen LogP contribution >= 0.6 is 11.3 Å². The lowest BCUT2D eigenvalue weighted by Gasteiger charge is -2.00. The van der Waals surface area contributed by atoms with E-state index in [1.165, 1.54) is 11.3 Å². The number of carbonyl (C=O) groups is 1. The summed E-state index contributed by atoms with van der Waals surface area (Å²) >= 11 is 1.36. The fourth-order valence-electron chi connectivity index (χ4n) is 1.44. The molecule has 2 heterocycles. The molecule has 2 rings (SSSR count). The van der Waals surface area contributed by atoms with Gasteiger partial charge in [0.15, 0.2) is 10.8 Å². The highest BCUT2D eigenvalue weighted by Crippen LogP contribution is 2.25. The van der Waals surface area contributed by atoms with Gasteiger partial charge in [0, 0.05) is 34.7 Å². The highest BCUT2D eigenvalue weighted by atomic mass is 32.2. The number of aromatic nitrogens is 1. The van der Waals surface area contributed by atoms with Gasteiger partial charge in [-0.2, -0.15) is 0 Å². The van der Waals surface area contributed by atoms with E-state index < -0.39 is 10.8 Å². The Morgan fingerprint density at radius 1 is 1.53 bits per heavy atom. The van der Waals surface area contributed by atoms with Crippen LogP contribution in [0.1, 0.15) is 16.2 Å². The zero-order valence-corrected chi connectivity index (χ0v) is 12.3. The van der Waals surface area contributed by atoms with Crippen molar-refractivity contribution in [1.82, 2.24) is 10.3 Å². The zero-order valence-electron chi connectivity index (χ0n) is 10.6. The third-order valence-corrected chi connectivity index (χ3v) is 4.00. The van der Waals surface area contributed by atoms with E-state index in [1.54, 1.807) is 11.6 Å². The second kappa shape index (κ2) is 6.12. The molecule has 0 aromatic carbocycles. The van der Waals surface area contributed by atoms with Crippen molar-refractivity contribution in [2.45, 2.75) is 6.92 Å². The zero-order chi connectivity index (χ0) is 13.8. The molecule has 0 bridgehead atoms. The fourth-order valence-corrected chi connectivity index (χ4v) is 2.59. The minimum atomic E-state index is -0.908. The van der Waals surface area contributed by atoms with Crippen LogP contribution in [0, 0.1) is 6.92 Å². The van der Waals surface area contributed by atoms with Gasteiger partial charge in [-0.15, -0.1) is 11.3 Å². The van der Waals surface area contributed by atoms with Crippen LogP contribution in [0.2, 0.25) is 0 Å². The van der Waals surface area contributed by atoms with Gasteiger partial charge in [0.25, 0.3) is 5.91 Å². The fraction of sp³-hybridized carbons (Fsp3) is 0.333. The number of thiazole rings is 1. The third-order valence-electron chi connectivity index (χ3n) is 2.36. The Bertz CT molecular complexity index is 604. The lowest BCUT2D eigenvalue weighted by molar-refractivity contribution is 0.0952. The molecule has 5 nitrogen and oxygen atoms in total. The van der Waals surface area contributed by atoms with Crippen LogP contribution in [-0.4, -0.2) is 33.7 Å². The van der Waals surface area contributed by atoms with E-state index in [0.717, 1.165) is 5.76 Å². The van der Waals surface area contributed by atoms with Crippen LogP contribution in [-0.2, 0) is 10.8 Å². The van der Waals surface area contributed by atoms with Crippen molar-refractivity contribution in [3.63, 3.8) is 0 Å². The minimum absolute atomic E-state index is 0.253. The van der Waals surface area contributed by atoms with Gasteiger partial charge in [0.2, 0.25) is 0 Å². The van der Waals surface area contributed by atoms with E-state index in [4.69, 9.17) is 4.42 Å². The first-order valence-electron chi connectivity index (χ1n) is 5.67. The summed E-state index contributed by atoms with van der Waals surface area (Å²) in [5.41, 5.74) is 0.357. The Morgan fingerprint density at radius 3 is 2.95 bits per heavy atom. The van der Waals surface area contributed by atoms with E-state index >= 15 is 0 Å². The first-order chi connectivity index (χ1) is 9.06. The molecule has 0 spiro atoms. The SMILES string of the molecule is Cc1ccc(-c2nc(C(=O)NCCS(C)=O)cs2)o1. The molecule has 1 N–H and O–H groups in total. The van der Waals surface area contributed by atoms with Gasteiger partial charge in [-0.1, -0.05) is 0 Å². The molecule has 1 unspecified atom stereocenters. The summed E-state index contributed by atoms with van der Waals surface area (Å²) in [6.07, 6.45) is 1.60. The smallest absolute Gasteiger partial charge is 0.270 e. The molecule has 0 aliphatic carbocycles. The largest absolute Gasteiger partial charge is 0.459 e. The van der Waals surface area contributed by atoms with Crippen LogP contribution in [0.5, 0.6) is 0 Å². The maximum absolute atomic E-state index is 11.8. The van der Waals surface area contributed by atoms with Crippen molar-refractivity contribution < 1.29 is 13.4 Å². The normalized spacial score (nSPS) is 12.3. The Kier molecular flexibility index (Phi) is 4.49. The van der Waals surface area contributed by atoms with Crippen LogP contribution in [0.3, 0.4) is 0 Å². The Morgan fingerprint density at radius 2 is 2.32 bits per heavy atom. The van der Waals surface area contributed by atoms with E-state index in [-0.39, 0.29) is 5.91 Å². The van der Waals surface area contributed by atoms with E-state index in [9.17, 15) is 9.00 Å². The van der Waals surface area contributed by atoms with E-state index in [2.05, 4.69) is 10.3 Å². The monoisotopic (exact) mass is 298 g/mol. The molecular formula is C12H14N2O3S2. The lowest BCUT2D eigenvalue weighted by Crippen LogP contribution is -2.27. The van der Waals surface area contributed by atoms with Crippen molar-refractivity contribution in [3.05, 3.63) is 29.0 Å². The first kappa shape index (κ1) is 14.0. The average Bonchev–Trinajstić information content (AvgIpc) is 2.96. The van der Waals surface area contributed by atoms with Crippen molar-refractivity contribution >= 4 is 28.0 Å².